The molecule has 1 amide bonds. The number of anilines is 1. The molecule has 10 heteroatoms. The third kappa shape index (κ3) is 4.19. The zero-order valence-electron chi connectivity index (χ0n) is 16.0. The number of carbonyl (C=O) groups is 1. The number of nitrogens with one attached hydrogen (secondary N) is 1. The number of ether oxygens (including phenoxy) is 1. The number of fused-ring (bicyclic) bond motifs is 1. The van der Waals surface area contributed by atoms with Crippen LogP contribution in [0.25, 0.3) is 10.2 Å². The Morgan fingerprint density at radius 2 is 2.15 bits per heavy atom. The van der Waals surface area contributed by atoms with Crippen LogP contribution in [0.1, 0.15) is 20.9 Å². The Morgan fingerprint density at radius 1 is 1.44 bits per heavy atom. The van der Waals surface area contributed by atoms with Gasteiger partial charge in [0.25, 0.3) is 5.91 Å². The monoisotopic (exact) mass is 394 g/mol. The fourth-order valence-corrected chi connectivity index (χ4v) is 3.89. The summed E-state index contributed by atoms with van der Waals surface area (Å²) >= 11 is 1.25. The van der Waals surface area contributed by atoms with Crippen LogP contribution in [0, 0.1) is 13.8 Å². The smallest absolute Gasteiger partial charge is 0.263 e. The summed E-state index contributed by atoms with van der Waals surface area (Å²) in [6.45, 7) is 6.03. The maximum absolute atomic E-state index is 12.6. The molecule has 4 N–H and O–H groups in total. The van der Waals surface area contributed by atoms with Crippen LogP contribution in [0.5, 0.6) is 0 Å². The fraction of sp³-hybridized carbons (Fsp3) is 0.588. The maximum atomic E-state index is 12.6. The number of aliphatic hydroxyl groups is 1. The van der Waals surface area contributed by atoms with Crippen molar-refractivity contribution in [2.24, 2.45) is 0 Å². The molecular weight excluding hydrogens is 368 g/mol. The van der Waals surface area contributed by atoms with E-state index in [0.717, 1.165) is 23.2 Å². The highest BCUT2D eigenvalue weighted by molar-refractivity contribution is 7.21. The van der Waals surface area contributed by atoms with Crippen molar-refractivity contribution in [3.8, 4) is 0 Å². The largest absolute Gasteiger partial charge is 0.397 e. The summed E-state index contributed by atoms with van der Waals surface area (Å²) in [7, 11) is 3.89. The van der Waals surface area contributed by atoms with E-state index in [4.69, 9.17) is 10.5 Å². The lowest BCUT2D eigenvalue weighted by Gasteiger charge is -2.41. The fourth-order valence-electron chi connectivity index (χ4n) is 2.89. The molecule has 0 bridgehead atoms. The Bertz CT molecular complexity index is 834. The third-order valence-electron chi connectivity index (χ3n) is 4.70. The summed E-state index contributed by atoms with van der Waals surface area (Å²) in [5.41, 5.74) is 8.40. The van der Waals surface area contributed by atoms with Gasteiger partial charge in [-0.05, 0) is 33.5 Å². The number of nitrogens with two attached hydrogens (primary N) is 1. The second-order valence-electron chi connectivity index (χ2n) is 7.06. The second kappa shape index (κ2) is 8.03. The Balaban J connectivity index is 1.56. The minimum Gasteiger partial charge on any atom is -0.397 e. The standard InChI is InChI=1S/C17H26N6O3S/c1-9-10(2)20-21-16-12(9)13(18)14(27-16)15(24)19-11-7-23(8-11)17(25)26-6-5-22(3)4/h11,17,25H,5-8,18H2,1-4H3,(H,19,24). The lowest BCUT2D eigenvalue weighted by Crippen LogP contribution is -2.62. The molecule has 2 aromatic rings. The van der Waals surface area contributed by atoms with Crippen LogP contribution in [0.3, 0.4) is 0 Å². The molecular formula is C17H26N6O3S. The lowest BCUT2D eigenvalue weighted by atomic mass is 10.1. The molecule has 1 aliphatic rings. The third-order valence-corrected chi connectivity index (χ3v) is 5.79. The molecule has 1 unspecified atom stereocenters. The van der Waals surface area contributed by atoms with Crippen molar-refractivity contribution >= 4 is 33.1 Å². The van der Waals surface area contributed by atoms with Crippen molar-refractivity contribution in [2.45, 2.75) is 26.3 Å². The maximum Gasteiger partial charge on any atom is 0.263 e. The molecule has 0 aromatic carbocycles. The predicted molar refractivity (Wildman–Crippen MR) is 105 cm³/mol. The Labute approximate surface area is 162 Å². The van der Waals surface area contributed by atoms with Gasteiger partial charge in [0.2, 0.25) is 6.41 Å². The van der Waals surface area contributed by atoms with Crippen LogP contribution in [-0.2, 0) is 4.74 Å². The number of aliphatic hydroxyl groups excluding tert-OH is 1. The zero-order valence-corrected chi connectivity index (χ0v) is 16.8. The molecule has 0 aliphatic carbocycles. The molecule has 1 aliphatic heterocycles. The van der Waals surface area contributed by atoms with Gasteiger partial charge in [0, 0.05) is 25.0 Å². The highest BCUT2D eigenvalue weighted by Crippen LogP contribution is 2.34. The van der Waals surface area contributed by atoms with E-state index in [-0.39, 0.29) is 11.9 Å². The van der Waals surface area contributed by atoms with Gasteiger partial charge in [-0.1, -0.05) is 0 Å². The Morgan fingerprint density at radius 3 is 2.81 bits per heavy atom. The van der Waals surface area contributed by atoms with Crippen molar-refractivity contribution in [2.75, 3.05) is 46.1 Å². The van der Waals surface area contributed by atoms with Crippen molar-refractivity contribution in [3.63, 3.8) is 0 Å². The van der Waals surface area contributed by atoms with Crippen LogP contribution >= 0.6 is 11.3 Å². The van der Waals surface area contributed by atoms with Crippen LogP contribution in [0.15, 0.2) is 0 Å². The SMILES string of the molecule is Cc1nnc2sc(C(=O)NC3CN(C(O)OCCN(C)C)C3)c(N)c2c1C. The van der Waals surface area contributed by atoms with Crippen LogP contribution in [-0.4, -0.2) is 83.8 Å². The Kier molecular flexibility index (Phi) is 5.92. The molecule has 0 saturated carbocycles. The summed E-state index contributed by atoms with van der Waals surface area (Å²) in [6.07, 6.45) is -0.951. The highest BCUT2D eigenvalue weighted by Gasteiger charge is 2.34. The van der Waals surface area contributed by atoms with Crippen LogP contribution in [0.4, 0.5) is 5.69 Å². The van der Waals surface area contributed by atoms with E-state index in [1.807, 2.05) is 32.8 Å². The van der Waals surface area contributed by atoms with Crippen molar-refractivity contribution in [1.82, 2.24) is 25.3 Å². The van der Waals surface area contributed by atoms with Gasteiger partial charge < -0.3 is 25.8 Å². The number of hydrogen-bond acceptors (Lipinski definition) is 9. The number of likely N-dealkylation sites (tertiary alicyclic amines) is 1. The Hall–Kier alpha value is -1.85. The molecule has 1 fully saturated rings. The zero-order chi connectivity index (χ0) is 19.7. The number of hydrogen-bond donors (Lipinski definition) is 3. The van der Waals surface area contributed by atoms with Gasteiger partial charge >= 0.3 is 0 Å². The highest BCUT2D eigenvalue weighted by atomic mass is 32.1. The average molecular weight is 395 g/mol. The molecule has 148 valence electrons. The molecule has 3 rings (SSSR count). The molecule has 0 spiro atoms. The molecule has 3 heterocycles. The first-order valence-corrected chi connectivity index (χ1v) is 9.60. The van der Waals surface area contributed by atoms with E-state index < -0.39 is 6.41 Å². The van der Waals surface area contributed by atoms with E-state index in [2.05, 4.69) is 15.5 Å². The van der Waals surface area contributed by atoms with Crippen molar-refractivity contribution in [3.05, 3.63) is 16.1 Å². The van der Waals surface area contributed by atoms with Crippen molar-refractivity contribution in [1.29, 1.82) is 0 Å². The van der Waals surface area contributed by atoms with Gasteiger partial charge in [0.15, 0.2) is 0 Å². The summed E-state index contributed by atoms with van der Waals surface area (Å²) < 4.78 is 5.37. The average Bonchev–Trinajstić information content (AvgIpc) is 2.91. The van der Waals surface area contributed by atoms with Gasteiger partial charge in [-0.2, -0.15) is 5.10 Å². The van der Waals surface area contributed by atoms with Crippen molar-refractivity contribution < 1.29 is 14.6 Å². The lowest BCUT2D eigenvalue weighted by molar-refractivity contribution is -0.216. The summed E-state index contributed by atoms with van der Waals surface area (Å²) in [5.74, 6) is -0.222. The first kappa shape index (κ1) is 19.9. The minimum absolute atomic E-state index is 0.0527. The number of aryl methyl sites for hydroxylation is 2. The second-order valence-corrected chi connectivity index (χ2v) is 8.06. The number of thiophene rings is 1. The summed E-state index contributed by atoms with van der Waals surface area (Å²) in [5, 5.41) is 22.0. The molecule has 1 atom stereocenters. The van der Waals surface area contributed by atoms with E-state index in [1.165, 1.54) is 11.3 Å². The van der Waals surface area contributed by atoms with Gasteiger partial charge in [-0.3, -0.25) is 9.69 Å². The molecule has 0 radical (unpaired) electrons. The van der Waals surface area contributed by atoms with E-state index in [0.29, 0.717) is 35.1 Å². The van der Waals surface area contributed by atoms with Crippen LogP contribution < -0.4 is 11.1 Å². The number of likely N-dealkylation sites (N-methyl/N-ethyl adjacent to an activating group) is 1. The number of amides is 1. The molecule has 27 heavy (non-hydrogen) atoms. The van der Waals surface area contributed by atoms with Crippen LogP contribution in [0.2, 0.25) is 0 Å². The number of nitrogens with zero attached hydrogens (tertiary/aromatic N) is 4. The molecule has 2 aromatic heterocycles. The molecule has 9 nitrogen and oxygen atoms in total. The first-order chi connectivity index (χ1) is 12.8. The van der Waals surface area contributed by atoms with Gasteiger partial charge in [-0.15, -0.1) is 16.4 Å². The number of carbonyl (C=O) groups excluding carboxylic acids is 1. The quantitative estimate of drug-likeness (QED) is 0.569. The predicted octanol–water partition coefficient (Wildman–Crippen LogP) is 0.158. The number of nitrogen functional groups attached to an aromatic ring is 1. The van der Waals surface area contributed by atoms with E-state index in [9.17, 15) is 9.90 Å². The minimum atomic E-state index is -0.951. The topological polar surface area (TPSA) is 117 Å². The van der Waals surface area contributed by atoms with Gasteiger partial charge in [0.05, 0.1) is 24.0 Å². The first-order valence-electron chi connectivity index (χ1n) is 8.79. The number of rotatable bonds is 7. The number of aromatic nitrogens is 2. The normalized spacial score (nSPS) is 16.7. The molecule has 1 saturated heterocycles. The van der Waals surface area contributed by atoms with E-state index >= 15 is 0 Å². The summed E-state index contributed by atoms with van der Waals surface area (Å²) in [4.78, 5) is 17.5. The van der Waals surface area contributed by atoms with E-state index in [1.54, 1.807) is 4.90 Å². The van der Waals surface area contributed by atoms with Gasteiger partial charge in [0.1, 0.15) is 9.71 Å². The summed E-state index contributed by atoms with van der Waals surface area (Å²) in [6, 6.07) is -0.0527. The van der Waals surface area contributed by atoms with Gasteiger partial charge in [-0.25, -0.2) is 0 Å².